The van der Waals surface area contributed by atoms with Crippen LogP contribution in [0.2, 0.25) is 18.1 Å². The van der Waals surface area contributed by atoms with Gasteiger partial charge in [-0.25, -0.2) is 4.99 Å². The van der Waals surface area contributed by atoms with Gasteiger partial charge < -0.3 is 9.16 Å². The molecule has 1 heterocycles. The van der Waals surface area contributed by atoms with Gasteiger partial charge in [0.1, 0.15) is 0 Å². The highest BCUT2D eigenvalue weighted by Gasteiger charge is 2.67. The summed E-state index contributed by atoms with van der Waals surface area (Å²) in [6.07, 6.45) is 3.72. The van der Waals surface area contributed by atoms with Crippen molar-refractivity contribution in [2.75, 3.05) is 7.11 Å². The molecule has 2 fully saturated rings. The van der Waals surface area contributed by atoms with Gasteiger partial charge in [-0.05, 0) is 54.1 Å². The van der Waals surface area contributed by atoms with Crippen LogP contribution < -0.4 is 0 Å². The van der Waals surface area contributed by atoms with Gasteiger partial charge in [-0.1, -0.05) is 52.0 Å². The Morgan fingerprint density at radius 2 is 1.89 bits per heavy atom. The number of aliphatic imine (C=N–C) groups is 1. The molecule has 4 heteroatoms. The SMILES string of the molecule is C=C1C2CCC[C@@H](O[Si](C)(C)C(C)(C)C)[C@]23c2ccccc2C(OC)=N[C@H]13. The number of hydrogen-bond acceptors (Lipinski definition) is 3. The molecular weight excluding hydrogens is 350 g/mol. The number of ether oxygens (including phenoxy) is 1. The molecule has 27 heavy (non-hydrogen) atoms. The fraction of sp³-hybridized carbons (Fsp3) is 0.609. The van der Waals surface area contributed by atoms with Crippen LogP contribution in [-0.2, 0) is 14.6 Å². The smallest absolute Gasteiger partial charge is 0.216 e. The zero-order valence-corrected chi connectivity index (χ0v) is 18.6. The zero-order chi connectivity index (χ0) is 19.6. The molecule has 0 amide bonds. The van der Waals surface area contributed by atoms with Crippen LogP contribution >= 0.6 is 0 Å². The minimum Gasteiger partial charge on any atom is -0.481 e. The highest BCUT2D eigenvalue weighted by molar-refractivity contribution is 6.74. The summed E-state index contributed by atoms with van der Waals surface area (Å²) in [4.78, 5) is 5.04. The third-order valence-corrected chi connectivity index (χ3v) is 12.1. The van der Waals surface area contributed by atoms with Crippen molar-refractivity contribution in [1.82, 2.24) is 0 Å². The Labute approximate surface area is 165 Å². The standard InChI is InChI=1S/C23H33NO2Si/c1-15-17-13-10-14-19(26-27(6,7)22(2,3)4)23(17)18-12-9-8-11-16(18)21(25-5)24-20(15)23/h8-9,11-12,17,19-20H,1,10,13-14H2,2-7H3/t17?,19-,20-,23-/m1/s1. The summed E-state index contributed by atoms with van der Waals surface area (Å²) in [6.45, 7) is 16.1. The van der Waals surface area contributed by atoms with Crippen molar-refractivity contribution < 1.29 is 9.16 Å². The number of rotatable bonds is 2. The van der Waals surface area contributed by atoms with E-state index in [1.807, 2.05) is 0 Å². The summed E-state index contributed by atoms with van der Waals surface area (Å²) in [7, 11) is -0.170. The molecule has 0 aromatic heterocycles. The second-order valence-electron chi connectivity index (χ2n) is 9.94. The Morgan fingerprint density at radius 3 is 2.56 bits per heavy atom. The van der Waals surface area contributed by atoms with Crippen LogP contribution in [0.4, 0.5) is 0 Å². The van der Waals surface area contributed by atoms with Crippen molar-refractivity contribution >= 4 is 14.2 Å². The summed E-state index contributed by atoms with van der Waals surface area (Å²) in [6, 6.07) is 8.75. The van der Waals surface area contributed by atoms with Gasteiger partial charge >= 0.3 is 0 Å². The summed E-state index contributed by atoms with van der Waals surface area (Å²) in [5.74, 6) is 1.21. The quantitative estimate of drug-likeness (QED) is 0.501. The highest BCUT2D eigenvalue weighted by atomic mass is 28.4. The van der Waals surface area contributed by atoms with E-state index < -0.39 is 8.32 Å². The molecule has 0 bridgehead atoms. The summed E-state index contributed by atoms with van der Waals surface area (Å²) in [5, 5.41) is 0.196. The fourth-order valence-electron chi connectivity index (χ4n) is 5.25. The Morgan fingerprint density at radius 1 is 1.19 bits per heavy atom. The van der Waals surface area contributed by atoms with E-state index in [0.29, 0.717) is 5.92 Å². The van der Waals surface area contributed by atoms with Crippen molar-refractivity contribution in [3.05, 3.63) is 47.5 Å². The van der Waals surface area contributed by atoms with E-state index in [1.165, 1.54) is 24.0 Å². The molecule has 1 aromatic carbocycles. The molecule has 146 valence electrons. The molecule has 3 aliphatic rings. The van der Waals surface area contributed by atoms with E-state index >= 15 is 0 Å². The van der Waals surface area contributed by atoms with E-state index in [2.05, 4.69) is 64.7 Å². The number of benzene rings is 1. The highest BCUT2D eigenvalue weighted by Crippen LogP contribution is 2.64. The van der Waals surface area contributed by atoms with Crippen molar-refractivity contribution in [3.8, 4) is 0 Å². The largest absolute Gasteiger partial charge is 0.481 e. The van der Waals surface area contributed by atoms with Gasteiger partial charge in [0.25, 0.3) is 0 Å². The summed E-state index contributed by atoms with van der Waals surface area (Å²) >= 11 is 0. The fourth-order valence-corrected chi connectivity index (χ4v) is 6.63. The molecule has 4 atom stereocenters. The van der Waals surface area contributed by atoms with Crippen molar-refractivity contribution in [3.63, 3.8) is 0 Å². The predicted molar refractivity (Wildman–Crippen MR) is 114 cm³/mol. The Bertz CT molecular complexity index is 807. The molecule has 4 rings (SSSR count). The van der Waals surface area contributed by atoms with Crippen LogP contribution in [-0.4, -0.2) is 33.5 Å². The number of nitrogens with zero attached hydrogens (tertiary/aromatic N) is 1. The first-order chi connectivity index (χ1) is 12.6. The van der Waals surface area contributed by atoms with Crippen LogP contribution in [0.15, 0.2) is 41.4 Å². The Kier molecular flexibility index (Phi) is 4.25. The Balaban J connectivity index is 1.85. The topological polar surface area (TPSA) is 30.8 Å². The molecule has 0 saturated heterocycles. The molecule has 1 aromatic rings. The van der Waals surface area contributed by atoms with Crippen LogP contribution in [0.1, 0.15) is 51.2 Å². The van der Waals surface area contributed by atoms with Crippen molar-refractivity contribution in [1.29, 1.82) is 0 Å². The minimum absolute atomic E-state index is 0.0660. The lowest BCUT2D eigenvalue weighted by atomic mass is 9.44. The lowest BCUT2D eigenvalue weighted by Gasteiger charge is -2.65. The van der Waals surface area contributed by atoms with Gasteiger partial charge in [-0.3, -0.25) is 0 Å². The van der Waals surface area contributed by atoms with Crippen LogP contribution in [0.3, 0.4) is 0 Å². The summed E-state index contributed by atoms with van der Waals surface area (Å²) < 4.78 is 12.8. The van der Waals surface area contributed by atoms with Gasteiger partial charge in [0.05, 0.1) is 24.7 Å². The average molecular weight is 384 g/mol. The van der Waals surface area contributed by atoms with Gasteiger partial charge in [0.2, 0.25) is 5.90 Å². The monoisotopic (exact) mass is 383 g/mol. The Hall–Kier alpha value is -1.39. The van der Waals surface area contributed by atoms with E-state index in [1.54, 1.807) is 7.11 Å². The van der Waals surface area contributed by atoms with Crippen LogP contribution in [0.25, 0.3) is 0 Å². The van der Waals surface area contributed by atoms with E-state index in [-0.39, 0.29) is 22.6 Å². The molecule has 1 spiro atoms. The second kappa shape index (κ2) is 6.05. The molecule has 3 nitrogen and oxygen atoms in total. The first-order valence-electron chi connectivity index (χ1n) is 10.2. The predicted octanol–water partition coefficient (Wildman–Crippen LogP) is 5.46. The third kappa shape index (κ3) is 2.45. The molecular formula is C23H33NO2Si. The summed E-state index contributed by atoms with van der Waals surface area (Å²) in [5.41, 5.74) is 3.70. The van der Waals surface area contributed by atoms with E-state index in [4.69, 9.17) is 14.2 Å². The molecule has 1 unspecified atom stereocenters. The van der Waals surface area contributed by atoms with Gasteiger partial charge in [0, 0.05) is 5.56 Å². The van der Waals surface area contributed by atoms with E-state index in [9.17, 15) is 0 Å². The third-order valence-electron chi connectivity index (χ3n) is 7.63. The minimum atomic E-state index is -1.89. The van der Waals surface area contributed by atoms with Gasteiger partial charge in [0.15, 0.2) is 8.32 Å². The number of hydrogen-bond donors (Lipinski definition) is 0. The van der Waals surface area contributed by atoms with Gasteiger partial charge in [-0.2, -0.15) is 0 Å². The lowest BCUT2D eigenvalue weighted by Crippen LogP contribution is -2.69. The maximum absolute atomic E-state index is 7.10. The normalized spacial score (nSPS) is 32.6. The van der Waals surface area contributed by atoms with E-state index in [0.717, 1.165) is 17.9 Å². The van der Waals surface area contributed by atoms with Crippen LogP contribution in [0, 0.1) is 5.92 Å². The molecule has 2 aliphatic carbocycles. The first-order valence-corrected chi connectivity index (χ1v) is 13.1. The second-order valence-corrected chi connectivity index (χ2v) is 14.7. The van der Waals surface area contributed by atoms with Crippen LogP contribution in [0.5, 0.6) is 0 Å². The maximum atomic E-state index is 7.10. The average Bonchev–Trinajstić information content (AvgIpc) is 2.61. The first kappa shape index (κ1) is 18.9. The van der Waals surface area contributed by atoms with Crippen molar-refractivity contribution in [2.45, 2.75) is 75.7 Å². The maximum Gasteiger partial charge on any atom is 0.216 e. The number of fused-ring (bicyclic) bond motifs is 1. The molecule has 2 saturated carbocycles. The van der Waals surface area contributed by atoms with Crippen molar-refractivity contribution in [2.24, 2.45) is 10.9 Å². The number of methoxy groups -OCH3 is 1. The zero-order valence-electron chi connectivity index (χ0n) is 17.6. The van der Waals surface area contributed by atoms with Gasteiger partial charge in [-0.15, -0.1) is 0 Å². The lowest BCUT2D eigenvalue weighted by molar-refractivity contribution is -0.0282. The molecule has 0 N–H and O–H groups in total. The molecule has 1 aliphatic heterocycles. The molecule has 0 radical (unpaired) electrons.